The van der Waals surface area contributed by atoms with E-state index in [2.05, 4.69) is 74.7 Å². The second-order valence-electron chi connectivity index (χ2n) is 5.85. The van der Waals surface area contributed by atoms with Crippen LogP contribution in [-0.4, -0.2) is 5.11 Å². The fourth-order valence-corrected chi connectivity index (χ4v) is 2.82. The Bertz CT molecular complexity index is 644. The molecule has 0 saturated heterocycles. The van der Waals surface area contributed by atoms with Gasteiger partial charge in [-0.15, -0.1) is 0 Å². The van der Waals surface area contributed by atoms with Crippen LogP contribution in [-0.2, 0) is 0 Å². The van der Waals surface area contributed by atoms with Crippen molar-refractivity contribution in [3.8, 4) is 0 Å². The predicted octanol–water partition coefficient (Wildman–Crippen LogP) is 5.63. The van der Waals surface area contributed by atoms with Crippen LogP contribution >= 0.6 is 12.2 Å². The minimum atomic E-state index is 0.507. The van der Waals surface area contributed by atoms with Gasteiger partial charge >= 0.3 is 0 Å². The van der Waals surface area contributed by atoms with E-state index in [4.69, 9.17) is 12.2 Å². The Morgan fingerprint density at radius 2 is 1.68 bits per heavy atom. The zero-order valence-corrected chi connectivity index (χ0v) is 14.6. The molecule has 0 aliphatic carbocycles. The number of nitrogens with one attached hydrogen (secondary N) is 2. The Hall–Kier alpha value is -1.87. The van der Waals surface area contributed by atoms with Gasteiger partial charge in [0.15, 0.2) is 5.11 Å². The maximum absolute atomic E-state index is 5.46. The average molecular weight is 312 g/mol. The van der Waals surface area contributed by atoms with Gasteiger partial charge in [0.2, 0.25) is 0 Å². The molecule has 116 valence electrons. The van der Waals surface area contributed by atoms with E-state index in [1.165, 1.54) is 16.7 Å². The van der Waals surface area contributed by atoms with Crippen LogP contribution in [0.4, 0.5) is 11.4 Å². The summed E-state index contributed by atoms with van der Waals surface area (Å²) in [7, 11) is 0. The topological polar surface area (TPSA) is 24.1 Å². The molecule has 0 spiro atoms. The second-order valence-corrected chi connectivity index (χ2v) is 6.26. The molecule has 2 rings (SSSR count). The number of thiocarbonyl (C=S) groups is 1. The zero-order chi connectivity index (χ0) is 16.1. The minimum Gasteiger partial charge on any atom is -0.332 e. The van der Waals surface area contributed by atoms with Crippen LogP contribution in [0.25, 0.3) is 0 Å². The van der Waals surface area contributed by atoms with Crippen LogP contribution in [0, 0.1) is 13.8 Å². The number of rotatable bonds is 4. The molecule has 0 radical (unpaired) electrons. The Morgan fingerprint density at radius 1 is 1.05 bits per heavy atom. The molecule has 0 aliphatic heterocycles. The van der Waals surface area contributed by atoms with Crippen LogP contribution in [0.1, 0.15) is 42.9 Å². The van der Waals surface area contributed by atoms with Crippen molar-refractivity contribution in [2.75, 3.05) is 10.6 Å². The smallest absolute Gasteiger partial charge is 0.175 e. The molecule has 0 heterocycles. The molecule has 0 aromatic heterocycles. The van der Waals surface area contributed by atoms with Crippen molar-refractivity contribution >= 4 is 28.7 Å². The summed E-state index contributed by atoms with van der Waals surface area (Å²) in [6.45, 7) is 8.62. The van der Waals surface area contributed by atoms with Crippen LogP contribution in [0.15, 0.2) is 42.5 Å². The maximum Gasteiger partial charge on any atom is 0.175 e. The van der Waals surface area contributed by atoms with Crippen LogP contribution in [0.2, 0.25) is 0 Å². The molecule has 1 atom stereocenters. The highest BCUT2D eigenvalue weighted by atomic mass is 32.1. The Kier molecular flexibility index (Phi) is 5.56. The van der Waals surface area contributed by atoms with E-state index in [0.29, 0.717) is 11.0 Å². The Morgan fingerprint density at radius 3 is 2.32 bits per heavy atom. The minimum absolute atomic E-state index is 0.507. The Labute approximate surface area is 139 Å². The summed E-state index contributed by atoms with van der Waals surface area (Å²) in [6.07, 6.45) is 1.11. The van der Waals surface area contributed by atoms with Gasteiger partial charge < -0.3 is 10.6 Å². The summed E-state index contributed by atoms with van der Waals surface area (Å²) >= 11 is 5.46. The highest BCUT2D eigenvalue weighted by molar-refractivity contribution is 7.80. The van der Waals surface area contributed by atoms with Gasteiger partial charge in [-0.3, -0.25) is 0 Å². The van der Waals surface area contributed by atoms with Crippen molar-refractivity contribution in [3.63, 3.8) is 0 Å². The van der Waals surface area contributed by atoms with E-state index in [9.17, 15) is 0 Å². The third-order valence-electron chi connectivity index (χ3n) is 3.83. The van der Waals surface area contributed by atoms with Gasteiger partial charge in [-0.05, 0) is 73.3 Å². The largest absolute Gasteiger partial charge is 0.332 e. The average Bonchev–Trinajstić information content (AvgIpc) is 2.45. The molecule has 22 heavy (non-hydrogen) atoms. The molecule has 0 saturated carbocycles. The summed E-state index contributed by atoms with van der Waals surface area (Å²) in [5.74, 6) is 0.507. The molecule has 2 nitrogen and oxygen atoms in total. The number of hydrogen-bond acceptors (Lipinski definition) is 1. The number of hydrogen-bond donors (Lipinski definition) is 2. The molecule has 2 aromatic carbocycles. The first-order valence-corrected chi connectivity index (χ1v) is 8.15. The molecular weight excluding hydrogens is 288 g/mol. The summed E-state index contributed by atoms with van der Waals surface area (Å²) in [4.78, 5) is 0. The monoisotopic (exact) mass is 312 g/mol. The van der Waals surface area contributed by atoms with E-state index in [1.54, 1.807) is 0 Å². The van der Waals surface area contributed by atoms with Crippen molar-refractivity contribution in [1.29, 1.82) is 0 Å². The van der Waals surface area contributed by atoms with Gasteiger partial charge in [0, 0.05) is 11.4 Å². The van der Waals surface area contributed by atoms with Gasteiger partial charge in [-0.1, -0.05) is 38.1 Å². The summed E-state index contributed by atoms with van der Waals surface area (Å²) in [6, 6.07) is 14.7. The predicted molar refractivity (Wildman–Crippen MR) is 101 cm³/mol. The first kappa shape index (κ1) is 16.5. The van der Waals surface area contributed by atoms with Crippen LogP contribution in [0.5, 0.6) is 0 Å². The SMILES string of the molecule is CCC(C)c1ccccc1NC(=S)Nc1cc(C)cc(C)c1. The van der Waals surface area contributed by atoms with Crippen molar-refractivity contribution in [1.82, 2.24) is 0 Å². The Balaban J connectivity index is 2.12. The second kappa shape index (κ2) is 7.41. The van der Waals surface area contributed by atoms with Crippen molar-refractivity contribution in [2.45, 2.75) is 40.0 Å². The van der Waals surface area contributed by atoms with Crippen LogP contribution in [0.3, 0.4) is 0 Å². The summed E-state index contributed by atoms with van der Waals surface area (Å²) < 4.78 is 0. The molecular formula is C19H24N2S. The lowest BCUT2D eigenvalue weighted by Crippen LogP contribution is -2.20. The number of anilines is 2. The first-order valence-electron chi connectivity index (χ1n) is 7.74. The molecule has 0 amide bonds. The lowest BCUT2D eigenvalue weighted by atomic mass is 9.97. The normalized spacial score (nSPS) is 11.8. The molecule has 3 heteroatoms. The molecule has 2 aromatic rings. The fraction of sp³-hybridized carbons (Fsp3) is 0.316. The van der Waals surface area contributed by atoms with Crippen molar-refractivity contribution in [2.24, 2.45) is 0 Å². The third kappa shape index (κ3) is 4.31. The maximum atomic E-state index is 5.46. The van der Waals surface area contributed by atoms with Crippen LogP contribution < -0.4 is 10.6 Å². The van der Waals surface area contributed by atoms with Gasteiger partial charge in [0.1, 0.15) is 0 Å². The van der Waals surface area contributed by atoms with Gasteiger partial charge in [-0.25, -0.2) is 0 Å². The van der Waals surface area contributed by atoms with Gasteiger partial charge in [0.05, 0.1) is 0 Å². The highest BCUT2D eigenvalue weighted by Gasteiger charge is 2.09. The van der Waals surface area contributed by atoms with E-state index in [-0.39, 0.29) is 0 Å². The standard InChI is InChI=1S/C19H24N2S/c1-5-15(4)17-8-6-7-9-18(17)21-19(22)20-16-11-13(2)10-14(3)12-16/h6-12,15H,5H2,1-4H3,(H2,20,21,22). The number of para-hydroxylation sites is 1. The van der Waals surface area contributed by atoms with E-state index in [1.807, 2.05) is 6.07 Å². The van der Waals surface area contributed by atoms with E-state index >= 15 is 0 Å². The summed E-state index contributed by atoms with van der Waals surface area (Å²) in [5, 5.41) is 7.24. The summed E-state index contributed by atoms with van der Waals surface area (Å²) in [5.41, 5.74) is 5.86. The molecule has 1 unspecified atom stereocenters. The van der Waals surface area contributed by atoms with E-state index < -0.39 is 0 Å². The highest BCUT2D eigenvalue weighted by Crippen LogP contribution is 2.26. The molecule has 2 N–H and O–H groups in total. The molecule has 0 bridgehead atoms. The van der Waals surface area contributed by atoms with Crippen molar-refractivity contribution in [3.05, 3.63) is 59.2 Å². The first-order chi connectivity index (χ1) is 10.5. The van der Waals surface area contributed by atoms with Gasteiger partial charge in [-0.2, -0.15) is 0 Å². The fourth-order valence-electron chi connectivity index (χ4n) is 2.59. The van der Waals surface area contributed by atoms with E-state index in [0.717, 1.165) is 17.8 Å². The van der Waals surface area contributed by atoms with Gasteiger partial charge in [0.25, 0.3) is 0 Å². The zero-order valence-electron chi connectivity index (χ0n) is 13.7. The lowest BCUT2D eigenvalue weighted by Gasteiger charge is -2.17. The molecule has 0 aliphatic rings. The quantitative estimate of drug-likeness (QED) is 0.716. The third-order valence-corrected chi connectivity index (χ3v) is 4.04. The lowest BCUT2D eigenvalue weighted by molar-refractivity contribution is 0.736. The van der Waals surface area contributed by atoms with Crippen molar-refractivity contribution < 1.29 is 0 Å². The number of aryl methyl sites for hydroxylation is 2. The molecule has 0 fully saturated rings. The number of benzene rings is 2.